The predicted molar refractivity (Wildman–Crippen MR) is 91.7 cm³/mol. The molecule has 1 aliphatic rings. The molecule has 0 unspecified atom stereocenters. The van der Waals surface area contributed by atoms with Crippen molar-refractivity contribution in [3.63, 3.8) is 0 Å². The Morgan fingerprint density at radius 3 is 2.70 bits per heavy atom. The van der Waals surface area contributed by atoms with E-state index in [1.165, 1.54) is 15.4 Å². The number of carbonyl (C=O) groups excluding carboxylic acids is 1. The van der Waals surface area contributed by atoms with E-state index in [-0.39, 0.29) is 17.6 Å². The summed E-state index contributed by atoms with van der Waals surface area (Å²) < 4.78 is 24.6. The average molecular weight is 338 g/mol. The number of hydrogen-bond acceptors (Lipinski definition) is 3. The van der Waals surface area contributed by atoms with Crippen LogP contribution in [0.2, 0.25) is 0 Å². The molecule has 2 atom stereocenters. The van der Waals surface area contributed by atoms with Gasteiger partial charge in [-0.1, -0.05) is 24.3 Å². The summed E-state index contributed by atoms with van der Waals surface area (Å²) in [6.07, 6.45) is 1.53. The van der Waals surface area contributed by atoms with Gasteiger partial charge in [0.2, 0.25) is 15.9 Å². The summed E-state index contributed by atoms with van der Waals surface area (Å²) in [5.41, 5.74) is 2.50. The highest BCUT2D eigenvalue weighted by atomic mass is 32.2. The molecule has 1 aliphatic carbocycles. The van der Waals surface area contributed by atoms with Gasteiger partial charge in [0.25, 0.3) is 0 Å². The Hall–Kier alpha value is -1.40. The second-order valence-corrected chi connectivity index (χ2v) is 8.54. The molecule has 5 nitrogen and oxygen atoms in total. The number of amides is 1. The topological polar surface area (TPSA) is 66.5 Å². The molecule has 1 N–H and O–H groups in total. The maximum Gasteiger partial charge on any atom is 0.223 e. The SMILES string of the molecule is CCS(=O)(=O)N(C)CCCNC(=O)[C@@H]1C[C@@H]1c1ccccc1C. The first kappa shape index (κ1) is 17.9. The van der Waals surface area contributed by atoms with Crippen molar-refractivity contribution < 1.29 is 13.2 Å². The van der Waals surface area contributed by atoms with E-state index < -0.39 is 10.0 Å². The Bertz CT molecular complexity index is 658. The molecule has 1 fully saturated rings. The minimum atomic E-state index is -3.13. The van der Waals surface area contributed by atoms with Crippen LogP contribution in [0.15, 0.2) is 24.3 Å². The molecule has 23 heavy (non-hydrogen) atoms. The van der Waals surface area contributed by atoms with E-state index in [1.54, 1.807) is 14.0 Å². The van der Waals surface area contributed by atoms with E-state index >= 15 is 0 Å². The van der Waals surface area contributed by atoms with Crippen LogP contribution < -0.4 is 5.32 Å². The predicted octanol–water partition coefficient (Wildman–Crippen LogP) is 1.89. The standard InChI is InChI=1S/C17H26N2O3S/c1-4-23(21,22)19(3)11-7-10-18-17(20)16-12-15(16)14-9-6-5-8-13(14)2/h5-6,8-9,15-16H,4,7,10-12H2,1-3H3,(H,18,20)/t15-,16-/m1/s1. The van der Waals surface area contributed by atoms with Gasteiger partial charge in [-0.3, -0.25) is 4.79 Å². The monoisotopic (exact) mass is 338 g/mol. The van der Waals surface area contributed by atoms with Gasteiger partial charge in [-0.2, -0.15) is 0 Å². The number of carbonyl (C=O) groups is 1. The van der Waals surface area contributed by atoms with E-state index in [4.69, 9.17) is 0 Å². The second kappa shape index (κ2) is 7.45. The molecule has 0 saturated heterocycles. The summed E-state index contributed by atoms with van der Waals surface area (Å²) in [5, 5.41) is 2.93. The quantitative estimate of drug-likeness (QED) is 0.736. The molecular formula is C17H26N2O3S. The number of hydrogen-bond donors (Lipinski definition) is 1. The molecule has 0 radical (unpaired) electrons. The summed E-state index contributed by atoms with van der Waals surface area (Å²) in [6, 6.07) is 8.20. The highest BCUT2D eigenvalue weighted by Crippen LogP contribution is 2.48. The number of nitrogens with one attached hydrogen (secondary N) is 1. The minimum absolute atomic E-state index is 0.0632. The Balaban J connectivity index is 1.72. The van der Waals surface area contributed by atoms with Gasteiger partial charge in [-0.05, 0) is 43.7 Å². The first-order valence-electron chi connectivity index (χ1n) is 8.14. The first-order chi connectivity index (χ1) is 10.9. The molecule has 1 aromatic rings. The maximum atomic E-state index is 12.2. The molecule has 1 aromatic carbocycles. The van der Waals surface area contributed by atoms with E-state index in [9.17, 15) is 13.2 Å². The van der Waals surface area contributed by atoms with Crippen molar-refractivity contribution in [1.29, 1.82) is 0 Å². The van der Waals surface area contributed by atoms with Crippen molar-refractivity contribution in [3.05, 3.63) is 35.4 Å². The van der Waals surface area contributed by atoms with Crippen molar-refractivity contribution in [3.8, 4) is 0 Å². The molecule has 128 valence electrons. The maximum absolute atomic E-state index is 12.2. The lowest BCUT2D eigenvalue weighted by Crippen LogP contribution is -2.33. The van der Waals surface area contributed by atoms with Crippen molar-refractivity contribution >= 4 is 15.9 Å². The molecule has 6 heteroatoms. The summed E-state index contributed by atoms with van der Waals surface area (Å²) in [6.45, 7) is 4.65. The third-order valence-corrected chi connectivity index (χ3v) is 6.37. The zero-order valence-corrected chi connectivity index (χ0v) is 14.9. The normalized spacial score (nSPS) is 20.5. The lowest BCUT2D eigenvalue weighted by molar-refractivity contribution is -0.122. The van der Waals surface area contributed by atoms with Gasteiger partial charge in [0.1, 0.15) is 0 Å². The van der Waals surface area contributed by atoms with Crippen LogP contribution in [0.1, 0.15) is 36.8 Å². The fraction of sp³-hybridized carbons (Fsp3) is 0.588. The fourth-order valence-corrected chi connectivity index (χ4v) is 3.68. The van der Waals surface area contributed by atoms with Crippen LogP contribution in [-0.4, -0.2) is 44.5 Å². The number of sulfonamides is 1. The molecule has 0 spiro atoms. The summed E-state index contributed by atoms with van der Waals surface area (Å²) in [5.74, 6) is 0.586. The summed E-state index contributed by atoms with van der Waals surface area (Å²) in [4.78, 5) is 12.2. The Kier molecular flexibility index (Phi) is 5.81. The second-order valence-electron chi connectivity index (χ2n) is 6.17. The van der Waals surface area contributed by atoms with E-state index in [1.807, 2.05) is 12.1 Å². The lowest BCUT2D eigenvalue weighted by atomic mass is 10.0. The molecule has 1 amide bonds. The Morgan fingerprint density at radius 1 is 1.35 bits per heavy atom. The lowest BCUT2D eigenvalue weighted by Gasteiger charge is -2.15. The molecule has 0 bridgehead atoms. The van der Waals surface area contributed by atoms with E-state index in [2.05, 4.69) is 24.4 Å². The molecular weight excluding hydrogens is 312 g/mol. The Labute approximate surface area is 139 Å². The summed E-state index contributed by atoms with van der Waals surface area (Å²) in [7, 11) is -1.55. The van der Waals surface area contributed by atoms with Crippen LogP contribution in [0, 0.1) is 12.8 Å². The van der Waals surface area contributed by atoms with Gasteiger partial charge in [-0.15, -0.1) is 0 Å². The Morgan fingerprint density at radius 2 is 2.04 bits per heavy atom. The van der Waals surface area contributed by atoms with Crippen molar-refractivity contribution in [1.82, 2.24) is 9.62 Å². The average Bonchev–Trinajstić information content (AvgIpc) is 3.32. The zero-order valence-electron chi connectivity index (χ0n) is 14.1. The number of nitrogens with zero attached hydrogens (tertiary/aromatic N) is 1. The van der Waals surface area contributed by atoms with Crippen molar-refractivity contribution in [2.24, 2.45) is 5.92 Å². The molecule has 0 heterocycles. The highest BCUT2D eigenvalue weighted by molar-refractivity contribution is 7.89. The van der Waals surface area contributed by atoms with Crippen LogP contribution >= 0.6 is 0 Å². The van der Waals surface area contributed by atoms with E-state index in [0.717, 1.165) is 6.42 Å². The van der Waals surface area contributed by atoms with Gasteiger partial charge in [0.15, 0.2) is 0 Å². The first-order valence-corrected chi connectivity index (χ1v) is 9.75. The number of aryl methyl sites for hydroxylation is 1. The molecule has 0 aliphatic heterocycles. The van der Waals surface area contributed by atoms with Crippen LogP contribution in [0.4, 0.5) is 0 Å². The van der Waals surface area contributed by atoms with Crippen molar-refractivity contribution in [2.45, 2.75) is 32.6 Å². The van der Waals surface area contributed by atoms with Gasteiger partial charge in [0.05, 0.1) is 5.75 Å². The van der Waals surface area contributed by atoms with Crippen molar-refractivity contribution in [2.75, 3.05) is 25.9 Å². The van der Waals surface area contributed by atoms with Gasteiger partial charge >= 0.3 is 0 Å². The summed E-state index contributed by atoms with van der Waals surface area (Å²) >= 11 is 0. The van der Waals surface area contributed by atoms with E-state index in [0.29, 0.717) is 25.4 Å². The molecule has 0 aromatic heterocycles. The largest absolute Gasteiger partial charge is 0.356 e. The number of rotatable bonds is 8. The fourth-order valence-electron chi connectivity index (χ4n) is 2.84. The molecule has 2 rings (SSSR count). The van der Waals surface area contributed by atoms with Crippen LogP contribution in [0.5, 0.6) is 0 Å². The van der Waals surface area contributed by atoms with Crippen LogP contribution in [0.3, 0.4) is 0 Å². The van der Waals surface area contributed by atoms with Gasteiger partial charge < -0.3 is 5.32 Å². The van der Waals surface area contributed by atoms with Crippen LogP contribution in [0.25, 0.3) is 0 Å². The highest BCUT2D eigenvalue weighted by Gasteiger charge is 2.44. The third-order valence-electron chi connectivity index (χ3n) is 4.50. The minimum Gasteiger partial charge on any atom is -0.356 e. The smallest absolute Gasteiger partial charge is 0.223 e. The zero-order chi connectivity index (χ0) is 17.0. The molecule has 1 saturated carbocycles. The van der Waals surface area contributed by atoms with Gasteiger partial charge in [0, 0.05) is 26.1 Å². The van der Waals surface area contributed by atoms with Crippen LogP contribution in [-0.2, 0) is 14.8 Å². The number of benzene rings is 1. The van der Waals surface area contributed by atoms with Gasteiger partial charge in [-0.25, -0.2) is 12.7 Å². The third kappa shape index (κ3) is 4.54.